The van der Waals surface area contributed by atoms with Crippen LogP contribution in [0, 0.1) is 0 Å². The van der Waals surface area contributed by atoms with Crippen molar-refractivity contribution in [1.82, 2.24) is 9.97 Å². The molecular formula is C21H18F3N3O2. The Hall–Kier alpha value is -3.16. The number of alkyl halides is 3. The van der Waals surface area contributed by atoms with Gasteiger partial charge in [-0.05, 0) is 36.6 Å². The molecule has 4 rings (SSSR count). The van der Waals surface area contributed by atoms with Crippen LogP contribution in [-0.4, -0.2) is 15.9 Å². The van der Waals surface area contributed by atoms with Gasteiger partial charge in [0.1, 0.15) is 11.5 Å². The molecule has 0 aliphatic heterocycles. The minimum Gasteiger partial charge on any atom is -0.441 e. The number of hydrogen-bond donors (Lipinski definition) is 1. The second-order valence-electron chi connectivity index (χ2n) is 7.00. The van der Waals surface area contributed by atoms with E-state index in [0.717, 1.165) is 37.1 Å². The SMILES string of the molecule is NC(=O)c1ccccc1C1CCCCc2oc(-c3ccnc(C(F)(F)F)c3)nc21. The third-order valence-electron chi connectivity index (χ3n) is 5.10. The van der Waals surface area contributed by atoms with Gasteiger partial charge in [0.25, 0.3) is 0 Å². The Morgan fingerprint density at radius 2 is 1.97 bits per heavy atom. The lowest BCUT2D eigenvalue weighted by atomic mass is 9.88. The highest BCUT2D eigenvalue weighted by Crippen LogP contribution is 2.39. The molecular weight excluding hydrogens is 383 g/mol. The fourth-order valence-corrected chi connectivity index (χ4v) is 3.76. The van der Waals surface area contributed by atoms with E-state index in [4.69, 9.17) is 10.2 Å². The Balaban J connectivity index is 1.80. The maximum atomic E-state index is 13.0. The summed E-state index contributed by atoms with van der Waals surface area (Å²) in [6.07, 6.45) is -0.314. The summed E-state index contributed by atoms with van der Waals surface area (Å²) in [6, 6.07) is 9.44. The largest absolute Gasteiger partial charge is 0.441 e. The average molecular weight is 401 g/mol. The zero-order valence-electron chi connectivity index (χ0n) is 15.4. The summed E-state index contributed by atoms with van der Waals surface area (Å²) in [6.45, 7) is 0. The second kappa shape index (κ2) is 7.35. The number of nitrogens with zero attached hydrogens (tertiary/aromatic N) is 2. The highest BCUT2D eigenvalue weighted by molar-refractivity contribution is 5.94. The molecule has 8 heteroatoms. The number of hydrogen-bond acceptors (Lipinski definition) is 4. The van der Waals surface area contributed by atoms with Gasteiger partial charge in [0.05, 0.1) is 5.69 Å². The monoisotopic (exact) mass is 401 g/mol. The van der Waals surface area contributed by atoms with E-state index in [2.05, 4.69) is 9.97 Å². The molecule has 0 spiro atoms. The molecule has 150 valence electrons. The Morgan fingerprint density at radius 1 is 1.17 bits per heavy atom. The van der Waals surface area contributed by atoms with Gasteiger partial charge in [0.2, 0.25) is 11.8 Å². The van der Waals surface area contributed by atoms with Crippen molar-refractivity contribution in [1.29, 1.82) is 0 Å². The maximum Gasteiger partial charge on any atom is 0.433 e. The van der Waals surface area contributed by atoms with Crippen LogP contribution in [0.25, 0.3) is 11.5 Å². The average Bonchev–Trinajstić information content (AvgIpc) is 3.02. The molecule has 1 amide bonds. The van der Waals surface area contributed by atoms with Gasteiger partial charge in [0.15, 0.2) is 0 Å². The molecule has 1 aliphatic rings. The molecule has 0 radical (unpaired) electrons. The van der Waals surface area contributed by atoms with Crippen LogP contribution in [0.1, 0.15) is 58.2 Å². The van der Waals surface area contributed by atoms with Gasteiger partial charge in [-0.25, -0.2) is 4.98 Å². The van der Waals surface area contributed by atoms with Crippen molar-refractivity contribution in [2.75, 3.05) is 0 Å². The standard InChI is InChI=1S/C21H18F3N3O2/c22-21(23,24)17-11-12(9-10-26-17)20-27-18-14(6-3-4-8-16(18)29-20)13-5-1-2-7-15(13)19(25)28/h1-2,5,7,9-11,14H,3-4,6,8H2,(H2,25,28). The molecule has 0 fully saturated rings. The number of nitrogens with two attached hydrogens (primary N) is 1. The summed E-state index contributed by atoms with van der Waals surface area (Å²) in [7, 11) is 0. The van der Waals surface area contributed by atoms with Crippen LogP contribution in [0.2, 0.25) is 0 Å². The van der Waals surface area contributed by atoms with E-state index in [1.807, 2.05) is 12.1 Å². The Morgan fingerprint density at radius 3 is 2.72 bits per heavy atom. The molecule has 2 aromatic heterocycles. The van der Waals surface area contributed by atoms with E-state index in [1.54, 1.807) is 12.1 Å². The van der Waals surface area contributed by atoms with Gasteiger partial charge in [-0.3, -0.25) is 9.78 Å². The van der Waals surface area contributed by atoms with Crippen molar-refractivity contribution in [2.45, 2.75) is 37.8 Å². The van der Waals surface area contributed by atoms with Gasteiger partial charge < -0.3 is 10.2 Å². The lowest BCUT2D eigenvalue weighted by molar-refractivity contribution is -0.141. The Labute approximate surface area is 164 Å². The van der Waals surface area contributed by atoms with Gasteiger partial charge in [-0.2, -0.15) is 13.2 Å². The normalized spacial score (nSPS) is 16.9. The van der Waals surface area contributed by atoms with Crippen molar-refractivity contribution < 1.29 is 22.4 Å². The number of aromatic nitrogens is 2. The fourth-order valence-electron chi connectivity index (χ4n) is 3.76. The zero-order chi connectivity index (χ0) is 20.6. The van der Waals surface area contributed by atoms with Crippen molar-refractivity contribution in [3.05, 3.63) is 70.9 Å². The van der Waals surface area contributed by atoms with Crippen LogP contribution in [-0.2, 0) is 12.6 Å². The Bertz CT molecular complexity index is 1060. The molecule has 0 bridgehead atoms. The minimum atomic E-state index is -4.55. The molecule has 1 aliphatic carbocycles. The highest BCUT2D eigenvalue weighted by atomic mass is 19.4. The number of rotatable bonds is 3. The fraction of sp³-hybridized carbons (Fsp3) is 0.286. The van der Waals surface area contributed by atoms with Crippen LogP contribution >= 0.6 is 0 Å². The second-order valence-corrected chi connectivity index (χ2v) is 7.00. The molecule has 1 unspecified atom stereocenters. The summed E-state index contributed by atoms with van der Waals surface area (Å²) in [5.74, 6) is 0.00944. The van der Waals surface area contributed by atoms with E-state index < -0.39 is 17.8 Å². The van der Waals surface area contributed by atoms with Gasteiger partial charge in [-0.15, -0.1) is 0 Å². The third kappa shape index (κ3) is 3.74. The van der Waals surface area contributed by atoms with E-state index in [9.17, 15) is 18.0 Å². The van der Waals surface area contributed by atoms with Gasteiger partial charge in [-0.1, -0.05) is 24.6 Å². The van der Waals surface area contributed by atoms with E-state index in [0.29, 0.717) is 23.4 Å². The number of halogens is 3. The van der Waals surface area contributed by atoms with Crippen molar-refractivity contribution in [3.8, 4) is 11.5 Å². The van der Waals surface area contributed by atoms with E-state index in [1.165, 1.54) is 6.07 Å². The third-order valence-corrected chi connectivity index (χ3v) is 5.10. The van der Waals surface area contributed by atoms with Crippen molar-refractivity contribution in [3.63, 3.8) is 0 Å². The molecule has 1 atom stereocenters. The number of pyridine rings is 1. The molecule has 3 aromatic rings. The van der Waals surface area contributed by atoms with Crippen molar-refractivity contribution >= 4 is 5.91 Å². The predicted molar refractivity (Wildman–Crippen MR) is 99.1 cm³/mol. The molecule has 1 aromatic carbocycles. The number of benzene rings is 1. The highest BCUT2D eigenvalue weighted by Gasteiger charge is 2.33. The van der Waals surface area contributed by atoms with Gasteiger partial charge >= 0.3 is 6.18 Å². The number of amides is 1. The molecule has 2 N–H and O–H groups in total. The first-order chi connectivity index (χ1) is 13.8. The number of fused-ring (bicyclic) bond motifs is 1. The topological polar surface area (TPSA) is 82.0 Å². The smallest absolute Gasteiger partial charge is 0.433 e. The van der Waals surface area contributed by atoms with Crippen LogP contribution in [0.4, 0.5) is 13.2 Å². The summed E-state index contributed by atoms with van der Waals surface area (Å²) >= 11 is 0. The first kappa shape index (κ1) is 19.2. The molecule has 0 saturated heterocycles. The lowest BCUT2D eigenvalue weighted by Gasteiger charge is -2.16. The molecule has 29 heavy (non-hydrogen) atoms. The van der Waals surface area contributed by atoms with Crippen LogP contribution in [0.5, 0.6) is 0 Å². The number of carbonyl (C=O) groups is 1. The zero-order valence-corrected chi connectivity index (χ0v) is 15.4. The summed E-state index contributed by atoms with van der Waals surface area (Å²) in [5.41, 5.74) is 6.57. The Kier molecular flexibility index (Phi) is 4.86. The maximum absolute atomic E-state index is 13.0. The first-order valence-corrected chi connectivity index (χ1v) is 9.26. The van der Waals surface area contributed by atoms with E-state index in [-0.39, 0.29) is 17.4 Å². The van der Waals surface area contributed by atoms with Crippen LogP contribution in [0.3, 0.4) is 0 Å². The first-order valence-electron chi connectivity index (χ1n) is 9.26. The molecule has 0 saturated carbocycles. The predicted octanol–water partition coefficient (Wildman–Crippen LogP) is 4.71. The minimum absolute atomic E-state index is 0.117. The summed E-state index contributed by atoms with van der Waals surface area (Å²) < 4.78 is 44.9. The van der Waals surface area contributed by atoms with Crippen LogP contribution < -0.4 is 5.73 Å². The summed E-state index contributed by atoms with van der Waals surface area (Å²) in [4.78, 5) is 19.8. The van der Waals surface area contributed by atoms with E-state index >= 15 is 0 Å². The number of aryl methyl sites for hydroxylation is 1. The lowest BCUT2D eigenvalue weighted by Crippen LogP contribution is -2.16. The number of carbonyl (C=O) groups excluding carboxylic acids is 1. The number of primary amides is 1. The van der Waals surface area contributed by atoms with Gasteiger partial charge in [0, 0.05) is 29.7 Å². The van der Waals surface area contributed by atoms with Crippen LogP contribution in [0.15, 0.2) is 47.0 Å². The van der Waals surface area contributed by atoms with Crippen molar-refractivity contribution in [2.24, 2.45) is 5.73 Å². The number of oxazole rings is 1. The molecule has 5 nitrogen and oxygen atoms in total. The quantitative estimate of drug-likeness (QED) is 0.644. The molecule has 2 heterocycles. The summed E-state index contributed by atoms with van der Waals surface area (Å²) in [5, 5.41) is 0.